The van der Waals surface area contributed by atoms with Crippen LogP contribution in [-0.4, -0.2) is 21.0 Å². The number of nitrogens with one attached hydrogen (secondary N) is 1. The Morgan fingerprint density at radius 2 is 2.23 bits per heavy atom. The maximum absolute atomic E-state index is 10.9. The highest BCUT2D eigenvalue weighted by molar-refractivity contribution is 5.87. The van der Waals surface area contributed by atoms with Gasteiger partial charge in [-0.2, -0.15) is 4.98 Å². The molecule has 0 saturated heterocycles. The third-order valence-electron chi connectivity index (χ3n) is 2.18. The number of aryl methyl sites for hydroxylation is 1. The van der Waals surface area contributed by atoms with Gasteiger partial charge < -0.3 is 10.1 Å². The van der Waals surface area contributed by atoms with Crippen LogP contribution in [0.1, 0.15) is 28.2 Å². The van der Waals surface area contributed by atoms with E-state index < -0.39 is 11.7 Å². The lowest BCUT2D eigenvalue weighted by Gasteiger charge is -2.00. The number of carboxylic acid groups (broad SMARTS) is 1. The highest BCUT2D eigenvalue weighted by Gasteiger charge is 2.21. The Morgan fingerprint density at radius 1 is 1.46 bits per heavy atom. The van der Waals surface area contributed by atoms with Crippen LogP contribution in [-0.2, 0) is 12.8 Å². The van der Waals surface area contributed by atoms with Gasteiger partial charge in [0.1, 0.15) is 0 Å². The van der Waals surface area contributed by atoms with E-state index in [0.29, 0.717) is 12.0 Å². The second kappa shape index (κ2) is 2.69. The van der Waals surface area contributed by atoms with Crippen molar-refractivity contribution >= 4 is 5.97 Å². The van der Waals surface area contributed by atoms with Crippen LogP contribution in [0.5, 0.6) is 0 Å². The number of aromatic nitrogens is 2. The minimum atomic E-state index is -1.12. The molecule has 1 heterocycles. The maximum Gasteiger partial charge on any atom is 0.355 e. The van der Waals surface area contributed by atoms with E-state index in [2.05, 4.69) is 9.97 Å². The maximum atomic E-state index is 10.9. The summed E-state index contributed by atoms with van der Waals surface area (Å²) in [6, 6.07) is 0. The predicted octanol–water partition coefficient (Wildman–Crippen LogP) is -0.0432. The van der Waals surface area contributed by atoms with Crippen LogP contribution < -0.4 is 5.69 Å². The Kier molecular flexibility index (Phi) is 1.65. The molecule has 0 fully saturated rings. The summed E-state index contributed by atoms with van der Waals surface area (Å²) in [5.41, 5.74) is 0.763. The van der Waals surface area contributed by atoms with Gasteiger partial charge in [-0.15, -0.1) is 0 Å². The van der Waals surface area contributed by atoms with E-state index in [4.69, 9.17) is 5.11 Å². The van der Waals surface area contributed by atoms with Gasteiger partial charge in [0.25, 0.3) is 0 Å². The van der Waals surface area contributed by atoms with Gasteiger partial charge in [0, 0.05) is 11.3 Å². The molecule has 13 heavy (non-hydrogen) atoms. The van der Waals surface area contributed by atoms with E-state index in [1.165, 1.54) is 0 Å². The molecule has 0 bridgehead atoms. The Hall–Kier alpha value is -1.65. The number of H-pyrrole nitrogens is 1. The Balaban J connectivity index is 2.69. The third kappa shape index (κ3) is 1.22. The zero-order chi connectivity index (χ0) is 9.42. The van der Waals surface area contributed by atoms with Crippen LogP contribution in [0.25, 0.3) is 0 Å². The van der Waals surface area contributed by atoms with Crippen molar-refractivity contribution < 1.29 is 9.90 Å². The summed E-state index contributed by atoms with van der Waals surface area (Å²) in [7, 11) is 0. The smallest absolute Gasteiger partial charge is 0.355 e. The molecule has 1 aromatic rings. The summed E-state index contributed by atoms with van der Waals surface area (Å²) >= 11 is 0. The lowest BCUT2D eigenvalue weighted by Crippen LogP contribution is -2.19. The number of aromatic amines is 1. The van der Waals surface area contributed by atoms with Gasteiger partial charge in [-0.3, -0.25) is 0 Å². The molecule has 2 N–H and O–H groups in total. The molecular weight excluding hydrogens is 172 g/mol. The number of aromatic carboxylic acids is 1. The molecule has 0 amide bonds. The van der Waals surface area contributed by atoms with Crippen molar-refractivity contribution in [2.45, 2.75) is 19.3 Å². The van der Waals surface area contributed by atoms with Gasteiger partial charge in [0.05, 0.1) is 0 Å². The average Bonchev–Trinajstić information content (AvgIpc) is 2.49. The second-order valence-electron chi connectivity index (χ2n) is 3.01. The molecule has 68 valence electrons. The minimum absolute atomic E-state index is 0.0868. The number of hydrogen-bond acceptors (Lipinski definition) is 3. The Bertz CT molecular complexity index is 422. The zero-order valence-electron chi connectivity index (χ0n) is 6.83. The second-order valence-corrected chi connectivity index (χ2v) is 3.01. The molecule has 0 atom stereocenters. The third-order valence-corrected chi connectivity index (χ3v) is 2.18. The van der Waals surface area contributed by atoms with Crippen molar-refractivity contribution in [1.29, 1.82) is 0 Å². The molecule has 1 aliphatic rings. The normalized spacial score (nSPS) is 14.2. The number of nitrogens with zero attached hydrogens (tertiary/aromatic N) is 1. The van der Waals surface area contributed by atoms with Gasteiger partial charge >= 0.3 is 11.7 Å². The quantitative estimate of drug-likeness (QED) is 0.635. The van der Waals surface area contributed by atoms with Crippen molar-refractivity contribution in [3.63, 3.8) is 0 Å². The number of hydrogen-bond donors (Lipinski definition) is 2. The fraction of sp³-hybridized carbons (Fsp3) is 0.375. The van der Waals surface area contributed by atoms with Gasteiger partial charge in [0.2, 0.25) is 0 Å². The van der Waals surface area contributed by atoms with Crippen LogP contribution in [0.3, 0.4) is 0 Å². The standard InChI is InChI=1S/C8H8N2O3/c11-7(12)6-4-2-1-3-5(4)9-8(13)10-6/h1-3H2,(H,11,12)(H,9,10,13). The fourth-order valence-electron chi connectivity index (χ4n) is 1.65. The number of carboxylic acids is 1. The van der Waals surface area contributed by atoms with Crippen LogP contribution in [0, 0.1) is 0 Å². The van der Waals surface area contributed by atoms with Gasteiger partial charge in [-0.25, -0.2) is 9.59 Å². The van der Waals surface area contributed by atoms with E-state index in [1.807, 2.05) is 0 Å². The molecule has 0 aromatic carbocycles. The van der Waals surface area contributed by atoms with Gasteiger partial charge in [-0.05, 0) is 19.3 Å². The Labute approximate surface area is 73.4 Å². The first-order chi connectivity index (χ1) is 6.18. The molecule has 0 saturated carbocycles. The summed E-state index contributed by atoms with van der Waals surface area (Å²) < 4.78 is 0. The van der Waals surface area contributed by atoms with Gasteiger partial charge in [-0.1, -0.05) is 0 Å². The molecule has 0 radical (unpaired) electrons. The summed E-state index contributed by atoms with van der Waals surface area (Å²) in [6.07, 6.45) is 2.32. The summed E-state index contributed by atoms with van der Waals surface area (Å²) in [4.78, 5) is 27.6. The van der Waals surface area contributed by atoms with E-state index in [9.17, 15) is 9.59 Å². The minimum Gasteiger partial charge on any atom is -0.476 e. The lowest BCUT2D eigenvalue weighted by molar-refractivity contribution is 0.0688. The van der Waals surface area contributed by atoms with Gasteiger partial charge in [0.15, 0.2) is 5.69 Å². The summed E-state index contributed by atoms with van der Waals surface area (Å²) in [5.74, 6) is -1.12. The largest absolute Gasteiger partial charge is 0.476 e. The predicted molar refractivity (Wildman–Crippen MR) is 43.8 cm³/mol. The molecule has 2 rings (SSSR count). The first-order valence-electron chi connectivity index (χ1n) is 4.04. The van der Waals surface area contributed by atoms with Crippen molar-refractivity contribution in [1.82, 2.24) is 9.97 Å². The van der Waals surface area contributed by atoms with Crippen molar-refractivity contribution in [3.8, 4) is 0 Å². The highest BCUT2D eigenvalue weighted by atomic mass is 16.4. The van der Waals surface area contributed by atoms with Crippen LogP contribution in [0.4, 0.5) is 0 Å². The average molecular weight is 180 g/mol. The SMILES string of the molecule is O=C(O)c1nc(=O)[nH]c2c1CCC2. The molecule has 0 aliphatic heterocycles. The molecule has 0 unspecified atom stereocenters. The van der Waals surface area contributed by atoms with Crippen LogP contribution >= 0.6 is 0 Å². The van der Waals surface area contributed by atoms with Crippen molar-refractivity contribution in [2.75, 3.05) is 0 Å². The van der Waals surface area contributed by atoms with Crippen molar-refractivity contribution in [3.05, 3.63) is 27.4 Å². The van der Waals surface area contributed by atoms with Crippen LogP contribution in [0.2, 0.25) is 0 Å². The Morgan fingerprint density at radius 3 is 2.92 bits per heavy atom. The number of rotatable bonds is 1. The summed E-state index contributed by atoms with van der Waals surface area (Å²) in [5, 5.41) is 8.76. The van der Waals surface area contributed by atoms with E-state index in [-0.39, 0.29) is 5.69 Å². The van der Waals surface area contributed by atoms with E-state index >= 15 is 0 Å². The molecular formula is C8H8N2O3. The van der Waals surface area contributed by atoms with E-state index in [1.54, 1.807) is 0 Å². The van der Waals surface area contributed by atoms with E-state index in [0.717, 1.165) is 18.5 Å². The lowest BCUT2D eigenvalue weighted by atomic mass is 10.2. The molecule has 1 aliphatic carbocycles. The fourth-order valence-corrected chi connectivity index (χ4v) is 1.65. The van der Waals surface area contributed by atoms with Crippen molar-refractivity contribution in [2.24, 2.45) is 0 Å². The highest BCUT2D eigenvalue weighted by Crippen LogP contribution is 2.20. The summed E-state index contributed by atoms with van der Waals surface area (Å²) in [6.45, 7) is 0. The zero-order valence-corrected chi connectivity index (χ0v) is 6.83. The first kappa shape index (κ1) is 7.97. The topological polar surface area (TPSA) is 83.0 Å². The monoisotopic (exact) mass is 180 g/mol. The van der Waals surface area contributed by atoms with Crippen LogP contribution in [0.15, 0.2) is 4.79 Å². The molecule has 0 spiro atoms. The first-order valence-corrected chi connectivity index (χ1v) is 4.04. The number of carbonyl (C=O) groups is 1. The number of fused-ring (bicyclic) bond motifs is 1. The molecule has 1 aromatic heterocycles. The molecule has 5 nitrogen and oxygen atoms in total. The molecule has 5 heteroatoms.